The van der Waals surface area contributed by atoms with E-state index in [-0.39, 0.29) is 0 Å². The second kappa shape index (κ2) is 9.41. The van der Waals surface area contributed by atoms with E-state index in [1.54, 1.807) is 0 Å². The first-order valence-electron chi connectivity index (χ1n) is 13.4. The van der Waals surface area contributed by atoms with Crippen LogP contribution in [-0.2, 0) is 7.05 Å². The number of fused-ring (bicyclic) bond motifs is 2. The van der Waals surface area contributed by atoms with Gasteiger partial charge in [0.1, 0.15) is 12.7 Å². The largest absolute Gasteiger partial charge is 0.303 e. The van der Waals surface area contributed by atoms with Gasteiger partial charge in [-0.25, -0.2) is 0 Å². The summed E-state index contributed by atoms with van der Waals surface area (Å²) in [6, 6.07) is 47.9. The highest BCUT2D eigenvalue weighted by atomic mass is 15.0. The smallest absolute Gasteiger partial charge is 0.237 e. The monoisotopic (exact) mass is 501 g/mol. The second-order valence-electron chi connectivity index (χ2n) is 10.1. The fraction of sp³-hybridized carbons (Fsp3) is 0.0541. The first kappa shape index (κ1) is 23.2. The molecule has 186 valence electrons. The molecule has 0 aliphatic rings. The molecule has 0 amide bonds. The fourth-order valence-electron chi connectivity index (χ4n) is 6.01. The molecule has 39 heavy (non-hydrogen) atoms. The van der Waals surface area contributed by atoms with Crippen LogP contribution in [-0.4, -0.2) is 4.57 Å². The van der Waals surface area contributed by atoms with Crippen molar-refractivity contribution in [3.8, 4) is 39.3 Å². The number of hydrogen-bond donors (Lipinski definition) is 0. The summed E-state index contributed by atoms with van der Waals surface area (Å²) in [4.78, 5) is 0. The lowest BCUT2D eigenvalue weighted by Gasteiger charge is -2.20. The molecule has 0 unspecified atom stereocenters. The lowest BCUT2D eigenvalue weighted by atomic mass is 9.95. The number of pyridine rings is 1. The molecular weight excluding hydrogens is 472 g/mol. The van der Waals surface area contributed by atoms with Crippen LogP contribution < -0.4 is 4.57 Å². The Morgan fingerprint density at radius 1 is 0.538 bits per heavy atom. The van der Waals surface area contributed by atoms with Crippen molar-refractivity contribution in [1.29, 1.82) is 0 Å². The molecule has 2 aromatic heterocycles. The van der Waals surface area contributed by atoms with Gasteiger partial charge in [0.05, 0.1) is 16.6 Å². The highest BCUT2D eigenvalue weighted by Gasteiger charge is 2.28. The van der Waals surface area contributed by atoms with Crippen LogP contribution in [0, 0.1) is 6.92 Å². The molecule has 0 saturated heterocycles. The van der Waals surface area contributed by atoms with E-state index < -0.39 is 0 Å². The summed E-state index contributed by atoms with van der Waals surface area (Å²) < 4.78 is 4.78. The van der Waals surface area contributed by atoms with Gasteiger partial charge in [0, 0.05) is 22.6 Å². The number of rotatable bonds is 4. The van der Waals surface area contributed by atoms with Crippen LogP contribution in [0.3, 0.4) is 0 Å². The quantitative estimate of drug-likeness (QED) is 0.213. The molecule has 0 fully saturated rings. The highest BCUT2D eigenvalue weighted by Crippen LogP contribution is 2.43. The summed E-state index contributed by atoms with van der Waals surface area (Å²) >= 11 is 0. The number of benzene rings is 5. The normalized spacial score (nSPS) is 11.3. The third-order valence-electron chi connectivity index (χ3n) is 7.83. The maximum Gasteiger partial charge on any atom is 0.237 e. The average molecular weight is 502 g/mol. The Labute approximate surface area is 229 Å². The van der Waals surface area contributed by atoms with Gasteiger partial charge in [-0.1, -0.05) is 115 Å². The molecule has 2 heteroatoms. The summed E-state index contributed by atoms with van der Waals surface area (Å²) in [5, 5.41) is 3.75. The summed E-state index contributed by atoms with van der Waals surface area (Å²) in [5.41, 5.74) is 10.9. The molecule has 0 spiro atoms. The molecular formula is C37H29N2+. The molecule has 7 rings (SSSR count). The third-order valence-corrected chi connectivity index (χ3v) is 7.83. The van der Waals surface area contributed by atoms with Crippen LogP contribution in [0.15, 0.2) is 140 Å². The van der Waals surface area contributed by atoms with Crippen molar-refractivity contribution in [3.05, 3.63) is 145 Å². The molecule has 0 atom stereocenters. The van der Waals surface area contributed by atoms with Crippen LogP contribution in [0.1, 0.15) is 5.56 Å². The predicted molar refractivity (Wildman–Crippen MR) is 163 cm³/mol. The van der Waals surface area contributed by atoms with Crippen molar-refractivity contribution in [3.63, 3.8) is 0 Å². The maximum absolute atomic E-state index is 2.51. The van der Waals surface area contributed by atoms with Gasteiger partial charge in [-0.05, 0) is 41.1 Å². The van der Waals surface area contributed by atoms with E-state index in [4.69, 9.17) is 0 Å². The van der Waals surface area contributed by atoms with Crippen molar-refractivity contribution in [1.82, 2.24) is 4.57 Å². The molecule has 0 saturated carbocycles. The number of hydrogen-bond acceptors (Lipinski definition) is 0. The second-order valence-corrected chi connectivity index (χ2v) is 10.1. The van der Waals surface area contributed by atoms with E-state index in [9.17, 15) is 0 Å². The van der Waals surface area contributed by atoms with Gasteiger partial charge in [-0.15, -0.1) is 0 Å². The van der Waals surface area contributed by atoms with Gasteiger partial charge >= 0.3 is 0 Å². The zero-order chi connectivity index (χ0) is 26.3. The average Bonchev–Trinajstić information content (AvgIpc) is 3.29. The van der Waals surface area contributed by atoms with Gasteiger partial charge in [0.2, 0.25) is 5.69 Å². The SMILES string of the molecule is Cc1c(-c2c3ccccc3cc[n+]2C)n(-c2c(-c3ccccc3)cccc2-c2ccccc2)c2ccccc12. The Kier molecular flexibility index (Phi) is 5.60. The van der Waals surface area contributed by atoms with Gasteiger partial charge in [-0.3, -0.25) is 0 Å². The Bertz CT molecular complexity index is 1910. The summed E-state index contributed by atoms with van der Waals surface area (Å²) in [6.45, 7) is 2.27. The molecule has 7 aromatic rings. The highest BCUT2D eigenvalue weighted by molar-refractivity contribution is 6.01. The molecule has 0 radical (unpaired) electrons. The molecule has 0 aliphatic carbocycles. The van der Waals surface area contributed by atoms with Gasteiger partial charge in [0.25, 0.3) is 0 Å². The van der Waals surface area contributed by atoms with Crippen molar-refractivity contribution in [2.24, 2.45) is 7.05 Å². The zero-order valence-electron chi connectivity index (χ0n) is 22.2. The maximum atomic E-state index is 2.51. The molecule has 2 heterocycles. The lowest BCUT2D eigenvalue weighted by Crippen LogP contribution is -2.31. The molecule has 0 bridgehead atoms. The first-order chi connectivity index (χ1) is 19.2. The zero-order valence-corrected chi connectivity index (χ0v) is 22.2. The summed E-state index contributed by atoms with van der Waals surface area (Å²) in [7, 11) is 2.16. The molecule has 5 aromatic carbocycles. The number of para-hydroxylation sites is 2. The van der Waals surface area contributed by atoms with Crippen molar-refractivity contribution in [2.45, 2.75) is 6.92 Å². The standard InChI is InChI=1S/C37H29N2/c1-26-30-19-11-12-23-34(30)39(35(26)37-33-20-10-9-18-29(33)24-25-38(37)2)36-31(27-14-5-3-6-15-27)21-13-22-32(36)28-16-7-4-8-17-28/h3-25H,1-2H3/q+1. The van der Waals surface area contributed by atoms with E-state index in [1.165, 1.54) is 66.6 Å². The summed E-state index contributed by atoms with van der Waals surface area (Å²) in [6.07, 6.45) is 2.18. The third kappa shape index (κ3) is 3.76. The minimum Gasteiger partial charge on any atom is -0.303 e. The van der Waals surface area contributed by atoms with Crippen molar-refractivity contribution >= 4 is 21.7 Å². The van der Waals surface area contributed by atoms with E-state index in [1.807, 2.05) is 0 Å². The van der Waals surface area contributed by atoms with Crippen molar-refractivity contribution in [2.75, 3.05) is 0 Å². The Balaban J connectivity index is 1.70. The first-order valence-corrected chi connectivity index (χ1v) is 13.4. The minimum atomic E-state index is 1.20. The topological polar surface area (TPSA) is 8.81 Å². The minimum absolute atomic E-state index is 1.20. The van der Waals surface area contributed by atoms with Gasteiger partial charge in [-0.2, -0.15) is 4.57 Å². The van der Waals surface area contributed by atoms with E-state index in [0.29, 0.717) is 0 Å². The van der Waals surface area contributed by atoms with E-state index >= 15 is 0 Å². The molecule has 2 nitrogen and oxygen atoms in total. The fourth-order valence-corrected chi connectivity index (χ4v) is 6.01. The number of aryl methyl sites for hydroxylation is 2. The van der Waals surface area contributed by atoms with Crippen LogP contribution >= 0.6 is 0 Å². The Hall–Kier alpha value is -4.95. The molecule has 0 N–H and O–H groups in total. The number of aromatic nitrogens is 2. The van der Waals surface area contributed by atoms with Crippen molar-refractivity contribution < 1.29 is 4.57 Å². The van der Waals surface area contributed by atoms with Gasteiger partial charge in [0.15, 0.2) is 6.20 Å². The van der Waals surface area contributed by atoms with Gasteiger partial charge < -0.3 is 4.57 Å². The number of nitrogens with zero attached hydrogens (tertiary/aromatic N) is 2. The lowest BCUT2D eigenvalue weighted by molar-refractivity contribution is -0.659. The van der Waals surface area contributed by atoms with Crippen LogP contribution in [0.4, 0.5) is 0 Å². The van der Waals surface area contributed by atoms with Crippen LogP contribution in [0.2, 0.25) is 0 Å². The van der Waals surface area contributed by atoms with Crippen LogP contribution in [0.25, 0.3) is 61.0 Å². The summed E-state index contributed by atoms with van der Waals surface area (Å²) in [5.74, 6) is 0. The predicted octanol–water partition coefficient (Wildman–Crippen LogP) is 8.92. The van der Waals surface area contributed by atoms with Crippen LogP contribution in [0.5, 0.6) is 0 Å². The van der Waals surface area contributed by atoms with E-state index in [0.717, 1.165) is 0 Å². The molecule has 0 aliphatic heterocycles. The van der Waals surface area contributed by atoms with E-state index in [2.05, 4.69) is 163 Å². The Morgan fingerprint density at radius 3 is 1.77 bits per heavy atom. The Morgan fingerprint density at radius 2 is 1.10 bits per heavy atom.